The maximum atomic E-state index is 10.3. The summed E-state index contributed by atoms with van der Waals surface area (Å²) in [4.78, 5) is 9.79. The summed E-state index contributed by atoms with van der Waals surface area (Å²) in [5.41, 5.74) is 5.83. The lowest BCUT2D eigenvalue weighted by Gasteiger charge is -2.05. The maximum absolute atomic E-state index is 10.3. The number of nitro groups is 1. The Kier molecular flexibility index (Phi) is 2.25. The van der Waals surface area contributed by atoms with Crippen molar-refractivity contribution >= 4 is 5.88 Å². The molecule has 5 heteroatoms. The minimum atomic E-state index is -0.548. The van der Waals surface area contributed by atoms with Crippen molar-refractivity contribution in [1.82, 2.24) is 0 Å². The summed E-state index contributed by atoms with van der Waals surface area (Å²) in [5, 5.41) is 10.3. The molecule has 76 valence electrons. The van der Waals surface area contributed by atoms with Gasteiger partial charge in [0.2, 0.25) is 0 Å². The van der Waals surface area contributed by atoms with Crippen LogP contribution >= 0.6 is 0 Å². The van der Waals surface area contributed by atoms with Gasteiger partial charge >= 0.3 is 5.88 Å². The Labute approximate surface area is 81.0 Å². The lowest BCUT2D eigenvalue weighted by molar-refractivity contribution is -0.402. The summed E-state index contributed by atoms with van der Waals surface area (Å²) >= 11 is 0. The van der Waals surface area contributed by atoms with E-state index in [0.29, 0.717) is 11.7 Å². The maximum Gasteiger partial charge on any atom is 0.433 e. The predicted octanol–water partition coefficient (Wildman–Crippen LogP) is 1.99. The van der Waals surface area contributed by atoms with E-state index in [2.05, 4.69) is 0 Å². The molecule has 1 aliphatic rings. The molecule has 2 N–H and O–H groups in total. The van der Waals surface area contributed by atoms with Crippen molar-refractivity contribution in [2.45, 2.75) is 25.3 Å². The van der Waals surface area contributed by atoms with Crippen LogP contribution in [0.4, 0.5) is 5.88 Å². The van der Waals surface area contributed by atoms with Gasteiger partial charge in [-0.15, -0.1) is 0 Å². The van der Waals surface area contributed by atoms with Gasteiger partial charge < -0.3 is 10.2 Å². The Hall–Kier alpha value is -1.36. The molecular formula is C9H12N2O3. The smallest absolute Gasteiger partial charge is 0.404 e. The average molecular weight is 196 g/mol. The van der Waals surface area contributed by atoms with Gasteiger partial charge in [0.15, 0.2) is 0 Å². The number of hydrogen-bond donors (Lipinski definition) is 1. The first-order valence-corrected chi connectivity index (χ1v) is 4.66. The van der Waals surface area contributed by atoms with E-state index in [9.17, 15) is 10.1 Å². The standard InChI is InChI=1S/C9H12N2O3/c10-7(5-6-1-2-6)8-3-4-9(14-8)11(12)13/h3-4,6-7H,1-2,5,10H2/t7-/m0/s1. The van der Waals surface area contributed by atoms with Gasteiger partial charge in [-0.05, 0) is 18.4 Å². The molecule has 1 heterocycles. The molecule has 1 aromatic heterocycles. The van der Waals surface area contributed by atoms with Crippen molar-refractivity contribution in [3.63, 3.8) is 0 Å². The highest BCUT2D eigenvalue weighted by molar-refractivity contribution is 5.19. The van der Waals surface area contributed by atoms with Crippen LogP contribution in [0.1, 0.15) is 31.1 Å². The van der Waals surface area contributed by atoms with Crippen LogP contribution in [0.15, 0.2) is 16.5 Å². The molecule has 0 unspecified atom stereocenters. The van der Waals surface area contributed by atoms with Crippen molar-refractivity contribution in [2.24, 2.45) is 11.7 Å². The Bertz CT molecular complexity index is 344. The number of nitrogens with zero attached hydrogens (tertiary/aromatic N) is 1. The van der Waals surface area contributed by atoms with Gasteiger partial charge in [-0.2, -0.15) is 0 Å². The van der Waals surface area contributed by atoms with Gasteiger partial charge in [0.1, 0.15) is 10.7 Å². The molecule has 0 aromatic carbocycles. The fraction of sp³-hybridized carbons (Fsp3) is 0.556. The Morgan fingerprint density at radius 3 is 2.86 bits per heavy atom. The number of nitrogens with two attached hydrogens (primary N) is 1. The van der Waals surface area contributed by atoms with Crippen molar-refractivity contribution in [3.8, 4) is 0 Å². The van der Waals surface area contributed by atoms with E-state index in [1.54, 1.807) is 6.07 Å². The van der Waals surface area contributed by atoms with Gasteiger partial charge in [-0.25, -0.2) is 0 Å². The normalized spacial score (nSPS) is 18.1. The van der Waals surface area contributed by atoms with E-state index in [-0.39, 0.29) is 11.9 Å². The minimum Gasteiger partial charge on any atom is -0.404 e. The highest BCUT2D eigenvalue weighted by Crippen LogP contribution is 2.37. The second-order valence-corrected chi connectivity index (χ2v) is 3.72. The molecule has 0 saturated heterocycles. The van der Waals surface area contributed by atoms with Crippen LogP contribution in [0.25, 0.3) is 0 Å². The summed E-state index contributed by atoms with van der Waals surface area (Å²) in [6.07, 6.45) is 3.30. The summed E-state index contributed by atoms with van der Waals surface area (Å²) in [5.74, 6) is 0.976. The molecule has 0 spiro atoms. The zero-order valence-electron chi connectivity index (χ0n) is 7.68. The third kappa shape index (κ3) is 1.93. The quantitative estimate of drug-likeness (QED) is 0.589. The predicted molar refractivity (Wildman–Crippen MR) is 49.6 cm³/mol. The van der Waals surface area contributed by atoms with Crippen LogP contribution in [0.2, 0.25) is 0 Å². The molecular weight excluding hydrogens is 184 g/mol. The first-order chi connectivity index (χ1) is 6.66. The van der Waals surface area contributed by atoms with Crippen molar-refractivity contribution < 1.29 is 9.34 Å². The van der Waals surface area contributed by atoms with E-state index < -0.39 is 4.92 Å². The third-order valence-electron chi connectivity index (χ3n) is 2.44. The lowest BCUT2D eigenvalue weighted by atomic mass is 10.1. The molecule has 1 fully saturated rings. The van der Waals surface area contributed by atoms with E-state index in [1.165, 1.54) is 18.9 Å². The Morgan fingerprint density at radius 1 is 1.64 bits per heavy atom. The molecule has 1 atom stereocenters. The van der Waals surface area contributed by atoms with Gasteiger partial charge in [0.25, 0.3) is 0 Å². The van der Waals surface area contributed by atoms with E-state index in [1.807, 2.05) is 0 Å². The lowest BCUT2D eigenvalue weighted by Crippen LogP contribution is -2.09. The fourth-order valence-corrected chi connectivity index (χ4v) is 1.47. The SMILES string of the molecule is N[C@@H](CC1CC1)c1ccc([N+](=O)[O-])o1. The van der Waals surface area contributed by atoms with Gasteiger partial charge in [-0.3, -0.25) is 10.1 Å². The molecule has 1 saturated carbocycles. The van der Waals surface area contributed by atoms with Crippen molar-refractivity contribution in [3.05, 3.63) is 28.0 Å². The monoisotopic (exact) mass is 196 g/mol. The van der Waals surface area contributed by atoms with Crippen LogP contribution in [-0.4, -0.2) is 4.92 Å². The average Bonchev–Trinajstić information content (AvgIpc) is 2.81. The Balaban J connectivity index is 2.03. The minimum absolute atomic E-state index is 0.198. The van der Waals surface area contributed by atoms with E-state index in [4.69, 9.17) is 10.2 Å². The zero-order chi connectivity index (χ0) is 10.1. The van der Waals surface area contributed by atoms with E-state index >= 15 is 0 Å². The highest BCUT2D eigenvalue weighted by atomic mass is 16.6. The summed E-state index contributed by atoms with van der Waals surface area (Å²) in [6.45, 7) is 0. The third-order valence-corrected chi connectivity index (χ3v) is 2.44. The van der Waals surface area contributed by atoms with Crippen LogP contribution in [-0.2, 0) is 0 Å². The Morgan fingerprint density at radius 2 is 2.36 bits per heavy atom. The second kappa shape index (κ2) is 3.42. The molecule has 5 nitrogen and oxygen atoms in total. The van der Waals surface area contributed by atoms with Gasteiger partial charge in [0, 0.05) is 0 Å². The summed E-state index contributed by atoms with van der Waals surface area (Å²) < 4.78 is 5.01. The topological polar surface area (TPSA) is 82.3 Å². The zero-order valence-corrected chi connectivity index (χ0v) is 7.68. The molecule has 0 aliphatic heterocycles. The first kappa shape index (κ1) is 9.21. The molecule has 2 rings (SSSR count). The second-order valence-electron chi connectivity index (χ2n) is 3.72. The molecule has 1 aromatic rings. The van der Waals surface area contributed by atoms with E-state index in [0.717, 1.165) is 6.42 Å². The molecule has 1 aliphatic carbocycles. The first-order valence-electron chi connectivity index (χ1n) is 4.66. The van der Waals surface area contributed by atoms with Crippen LogP contribution in [0, 0.1) is 16.0 Å². The van der Waals surface area contributed by atoms with Gasteiger partial charge in [-0.1, -0.05) is 12.8 Å². The van der Waals surface area contributed by atoms with Crippen molar-refractivity contribution in [2.75, 3.05) is 0 Å². The summed E-state index contributed by atoms with van der Waals surface area (Å²) in [7, 11) is 0. The van der Waals surface area contributed by atoms with Gasteiger partial charge in [0.05, 0.1) is 12.1 Å². The highest BCUT2D eigenvalue weighted by Gasteiger charge is 2.26. The number of hydrogen-bond acceptors (Lipinski definition) is 4. The van der Waals surface area contributed by atoms with Crippen molar-refractivity contribution in [1.29, 1.82) is 0 Å². The van der Waals surface area contributed by atoms with Crippen LogP contribution in [0.3, 0.4) is 0 Å². The molecule has 0 amide bonds. The molecule has 0 radical (unpaired) electrons. The number of furan rings is 1. The summed E-state index contributed by atoms with van der Waals surface area (Å²) in [6, 6.07) is 2.74. The molecule has 0 bridgehead atoms. The molecule has 14 heavy (non-hydrogen) atoms. The van der Waals surface area contributed by atoms with Crippen LogP contribution < -0.4 is 5.73 Å². The fourth-order valence-electron chi connectivity index (χ4n) is 1.47. The number of rotatable bonds is 4. The largest absolute Gasteiger partial charge is 0.433 e. The van der Waals surface area contributed by atoms with Crippen LogP contribution in [0.5, 0.6) is 0 Å².